The molecule has 15 heavy (non-hydrogen) atoms. The molecule has 3 N–H and O–H groups in total. The second-order valence-electron chi connectivity index (χ2n) is 5.59. The van der Waals surface area contributed by atoms with Crippen LogP contribution in [0.5, 0.6) is 0 Å². The van der Waals surface area contributed by atoms with Crippen LogP contribution in [-0.2, 0) is 0 Å². The summed E-state index contributed by atoms with van der Waals surface area (Å²) in [6.45, 7) is 6.47. The van der Waals surface area contributed by atoms with E-state index in [0.717, 1.165) is 19.0 Å². The van der Waals surface area contributed by atoms with Crippen molar-refractivity contribution in [2.45, 2.75) is 38.6 Å². The van der Waals surface area contributed by atoms with Crippen molar-refractivity contribution >= 4 is 0 Å². The lowest BCUT2D eigenvalue weighted by Gasteiger charge is -2.32. The zero-order valence-corrected chi connectivity index (χ0v) is 10.4. The van der Waals surface area contributed by atoms with Gasteiger partial charge in [-0.3, -0.25) is 0 Å². The number of hydrogen-bond donors (Lipinski definition) is 2. The fourth-order valence-corrected chi connectivity index (χ4v) is 2.03. The fourth-order valence-electron chi connectivity index (χ4n) is 2.03. The summed E-state index contributed by atoms with van der Waals surface area (Å²) in [4.78, 5) is 2.26. The van der Waals surface area contributed by atoms with Gasteiger partial charge in [0.15, 0.2) is 0 Å². The van der Waals surface area contributed by atoms with Crippen LogP contribution in [0.15, 0.2) is 0 Å². The van der Waals surface area contributed by atoms with Crippen LogP contribution < -0.4 is 5.73 Å². The van der Waals surface area contributed by atoms with Gasteiger partial charge < -0.3 is 15.7 Å². The monoisotopic (exact) mass is 214 g/mol. The van der Waals surface area contributed by atoms with Crippen molar-refractivity contribution in [2.24, 2.45) is 17.6 Å². The quantitative estimate of drug-likeness (QED) is 0.666. The van der Waals surface area contributed by atoms with Gasteiger partial charge in [0.05, 0.1) is 12.1 Å². The van der Waals surface area contributed by atoms with Crippen LogP contribution in [0, 0.1) is 11.8 Å². The van der Waals surface area contributed by atoms with Crippen molar-refractivity contribution in [3.63, 3.8) is 0 Å². The first-order chi connectivity index (χ1) is 6.98. The van der Waals surface area contributed by atoms with Crippen molar-refractivity contribution in [1.29, 1.82) is 0 Å². The molecule has 1 aliphatic rings. The van der Waals surface area contributed by atoms with Gasteiger partial charge in [0.1, 0.15) is 0 Å². The number of aliphatic hydroxyl groups is 1. The minimum atomic E-state index is -0.355. The van der Waals surface area contributed by atoms with Crippen molar-refractivity contribution < 1.29 is 5.11 Å². The molecule has 1 aliphatic carbocycles. The zero-order valence-electron chi connectivity index (χ0n) is 10.4. The Morgan fingerprint density at radius 1 is 1.47 bits per heavy atom. The molecule has 0 radical (unpaired) electrons. The average molecular weight is 214 g/mol. The molecule has 1 fully saturated rings. The topological polar surface area (TPSA) is 49.5 Å². The first-order valence-electron chi connectivity index (χ1n) is 6.06. The van der Waals surface area contributed by atoms with Crippen LogP contribution in [0.4, 0.5) is 0 Å². The Morgan fingerprint density at radius 2 is 2.07 bits per heavy atom. The van der Waals surface area contributed by atoms with Crippen molar-refractivity contribution in [1.82, 2.24) is 4.90 Å². The molecular formula is C12H26N2O. The van der Waals surface area contributed by atoms with E-state index in [1.807, 2.05) is 0 Å². The maximum atomic E-state index is 9.37. The molecule has 0 aromatic rings. The van der Waals surface area contributed by atoms with Gasteiger partial charge >= 0.3 is 0 Å². The van der Waals surface area contributed by atoms with Crippen molar-refractivity contribution in [2.75, 3.05) is 26.7 Å². The van der Waals surface area contributed by atoms with Crippen LogP contribution in [-0.4, -0.2) is 42.3 Å². The summed E-state index contributed by atoms with van der Waals surface area (Å²) in [5.41, 5.74) is 5.86. The molecule has 0 aliphatic heterocycles. The lowest BCUT2D eigenvalue weighted by Crippen LogP contribution is -2.54. The molecule has 90 valence electrons. The third-order valence-corrected chi connectivity index (χ3v) is 3.34. The van der Waals surface area contributed by atoms with E-state index in [1.54, 1.807) is 0 Å². The normalized spacial score (nSPS) is 21.0. The summed E-state index contributed by atoms with van der Waals surface area (Å²) in [5, 5.41) is 9.37. The summed E-state index contributed by atoms with van der Waals surface area (Å²) < 4.78 is 0. The van der Waals surface area contributed by atoms with Crippen LogP contribution >= 0.6 is 0 Å². The van der Waals surface area contributed by atoms with Crippen LogP contribution in [0.1, 0.15) is 33.1 Å². The molecule has 0 amide bonds. The number of likely N-dealkylation sites (N-methyl/N-ethyl adjacent to an activating group) is 1. The largest absolute Gasteiger partial charge is 0.394 e. The van der Waals surface area contributed by atoms with Gasteiger partial charge in [-0.1, -0.05) is 13.8 Å². The van der Waals surface area contributed by atoms with E-state index in [1.165, 1.54) is 19.3 Å². The summed E-state index contributed by atoms with van der Waals surface area (Å²) >= 11 is 0. The third kappa shape index (κ3) is 4.09. The SMILES string of the molecule is CC(C)CCN(C)CC(N)(CO)C1CC1. The van der Waals surface area contributed by atoms with Crippen molar-refractivity contribution in [3.8, 4) is 0 Å². The Kier molecular flexibility index (Phi) is 4.56. The highest BCUT2D eigenvalue weighted by Crippen LogP contribution is 2.38. The molecule has 0 saturated heterocycles. The van der Waals surface area contributed by atoms with Gasteiger partial charge in [-0.05, 0) is 44.7 Å². The molecule has 0 aromatic carbocycles. The summed E-state index contributed by atoms with van der Waals surface area (Å²) in [7, 11) is 2.10. The van der Waals surface area contributed by atoms with Gasteiger partial charge in [0.2, 0.25) is 0 Å². The maximum absolute atomic E-state index is 9.37. The van der Waals surface area contributed by atoms with E-state index in [4.69, 9.17) is 5.73 Å². The van der Waals surface area contributed by atoms with Gasteiger partial charge in [0.25, 0.3) is 0 Å². The van der Waals surface area contributed by atoms with Gasteiger partial charge in [0, 0.05) is 6.54 Å². The summed E-state index contributed by atoms with van der Waals surface area (Å²) in [6.07, 6.45) is 3.58. The first kappa shape index (κ1) is 12.9. The second kappa shape index (κ2) is 5.28. The minimum Gasteiger partial charge on any atom is -0.394 e. The molecule has 0 heterocycles. The van der Waals surface area contributed by atoms with Crippen LogP contribution in [0.25, 0.3) is 0 Å². The molecule has 1 atom stereocenters. The van der Waals surface area contributed by atoms with E-state index in [9.17, 15) is 5.11 Å². The van der Waals surface area contributed by atoms with Gasteiger partial charge in [-0.15, -0.1) is 0 Å². The van der Waals surface area contributed by atoms with Crippen molar-refractivity contribution in [3.05, 3.63) is 0 Å². The number of hydrogen-bond acceptors (Lipinski definition) is 3. The molecule has 0 bridgehead atoms. The zero-order chi connectivity index (χ0) is 11.5. The molecule has 3 nitrogen and oxygen atoms in total. The maximum Gasteiger partial charge on any atom is 0.0626 e. The molecule has 0 aromatic heterocycles. The van der Waals surface area contributed by atoms with Gasteiger partial charge in [-0.25, -0.2) is 0 Å². The molecule has 1 unspecified atom stereocenters. The van der Waals surface area contributed by atoms with E-state index >= 15 is 0 Å². The standard InChI is InChI=1S/C12H26N2O/c1-10(2)6-7-14(3)8-12(13,9-15)11-4-5-11/h10-11,15H,4-9,13H2,1-3H3. The highest BCUT2D eigenvalue weighted by Gasteiger charge is 2.42. The second-order valence-corrected chi connectivity index (χ2v) is 5.59. The lowest BCUT2D eigenvalue weighted by molar-refractivity contribution is 0.131. The van der Waals surface area contributed by atoms with E-state index in [2.05, 4.69) is 25.8 Å². The summed E-state index contributed by atoms with van der Waals surface area (Å²) in [5.74, 6) is 1.28. The Bertz CT molecular complexity index is 192. The third-order valence-electron chi connectivity index (χ3n) is 3.34. The fraction of sp³-hybridized carbons (Fsp3) is 1.00. The van der Waals surface area contributed by atoms with Gasteiger partial charge in [-0.2, -0.15) is 0 Å². The number of nitrogens with two attached hydrogens (primary N) is 1. The van der Waals surface area contributed by atoms with E-state index in [0.29, 0.717) is 5.92 Å². The smallest absolute Gasteiger partial charge is 0.0626 e. The first-order valence-corrected chi connectivity index (χ1v) is 6.06. The molecular weight excluding hydrogens is 188 g/mol. The lowest BCUT2D eigenvalue weighted by atomic mass is 9.95. The van der Waals surface area contributed by atoms with Crippen LogP contribution in [0.2, 0.25) is 0 Å². The Balaban J connectivity index is 2.31. The number of aliphatic hydroxyl groups excluding tert-OH is 1. The predicted molar refractivity (Wildman–Crippen MR) is 63.7 cm³/mol. The predicted octanol–water partition coefficient (Wildman–Crippen LogP) is 1.06. The average Bonchev–Trinajstić information content (AvgIpc) is 2.97. The Morgan fingerprint density at radius 3 is 2.47 bits per heavy atom. The summed E-state index contributed by atoms with van der Waals surface area (Å²) in [6, 6.07) is 0. The molecule has 3 heteroatoms. The number of nitrogens with zero attached hydrogens (tertiary/aromatic N) is 1. The van der Waals surface area contributed by atoms with E-state index in [-0.39, 0.29) is 12.1 Å². The minimum absolute atomic E-state index is 0.115. The van der Waals surface area contributed by atoms with E-state index < -0.39 is 0 Å². The molecule has 1 rings (SSSR count). The molecule has 0 spiro atoms. The molecule has 1 saturated carbocycles. The highest BCUT2D eigenvalue weighted by atomic mass is 16.3. The Labute approximate surface area is 93.6 Å². The van der Waals surface area contributed by atoms with Crippen LogP contribution in [0.3, 0.4) is 0 Å². The number of rotatable bonds is 7. The Hall–Kier alpha value is -0.120. The highest BCUT2D eigenvalue weighted by molar-refractivity contribution is 5.00.